The van der Waals surface area contributed by atoms with E-state index in [0.29, 0.717) is 18.7 Å². The molecule has 0 saturated heterocycles. The number of carbonyl (C=O) groups excluding carboxylic acids is 2. The number of nitrogens with zero attached hydrogens (tertiary/aromatic N) is 2. The van der Waals surface area contributed by atoms with Gasteiger partial charge in [0.15, 0.2) is 0 Å². The molecule has 0 aliphatic rings. The summed E-state index contributed by atoms with van der Waals surface area (Å²) in [7, 11) is -3.81. The third-order valence-electron chi connectivity index (χ3n) is 6.45. The van der Waals surface area contributed by atoms with E-state index >= 15 is 0 Å². The van der Waals surface area contributed by atoms with Gasteiger partial charge in [-0.15, -0.1) is 0 Å². The molecule has 7 nitrogen and oxygen atoms in total. The fourth-order valence-corrected chi connectivity index (χ4v) is 5.71. The molecule has 0 radical (unpaired) electrons. The van der Waals surface area contributed by atoms with Crippen molar-refractivity contribution in [2.45, 2.75) is 46.2 Å². The maximum Gasteiger partial charge on any atom is 0.244 e. The van der Waals surface area contributed by atoms with Crippen molar-refractivity contribution in [2.75, 3.05) is 23.7 Å². The van der Waals surface area contributed by atoms with E-state index < -0.39 is 28.5 Å². The summed E-state index contributed by atoms with van der Waals surface area (Å²) in [4.78, 5) is 29.1. The molecule has 0 aliphatic heterocycles. The second kappa shape index (κ2) is 13.8. The zero-order valence-corrected chi connectivity index (χ0v) is 25.3. The van der Waals surface area contributed by atoms with Crippen molar-refractivity contribution < 1.29 is 18.0 Å². The molecule has 0 unspecified atom stereocenters. The van der Waals surface area contributed by atoms with E-state index in [2.05, 4.69) is 21.2 Å². The standard InChI is InChI=1S/C30H36BrN3O4S/c1-5-18-32-30(36)27(19-24-12-7-6-8-13-24)33(20-25-14-16-26(31)17-15-25)28(35)21-34(39(4,37)38)29-22(2)10-9-11-23(29)3/h6-17,27H,5,18-21H2,1-4H3,(H,32,36)/t27-/m1/s1. The number of aryl methyl sites for hydroxylation is 2. The SMILES string of the molecule is CCCNC(=O)[C@@H](Cc1ccccc1)N(Cc1ccc(Br)cc1)C(=O)CN(c1c(C)cccc1C)S(C)(=O)=O. The lowest BCUT2D eigenvalue weighted by atomic mass is 10.0. The Morgan fingerprint density at radius 2 is 1.51 bits per heavy atom. The number of para-hydroxylation sites is 1. The van der Waals surface area contributed by atoms with Crippen LogP contribution in [0.2, 0.25) is 0 Å². The number of anilines is 1. The maximum absolute atomic E-state index is 14.1. The number of carbonyl (C=O) groups is 2. The zero-order chi connectivity index (χ0) is 28.6. The second-order valence-corrected chi connectivity index (χ2v) is 12.5. The minimum absolute atomic E-state index is 0.146. The highest BCUT2D eigenvalue weighted by molar-refractivity contribution is 9.10. The van der Waals surface area contributed by atoms with Crippen LogP contribution in [0.5, 0.6) is 0 Å². The average Bonchev–Trinajstić information content (AvgIpc) is 2.89. The Morgan fingerprint density at radius 3 is 2.08 bits per heavy atom. The molecule has 0 bridgehead atoms. The third kappa shape index (κ3) is 8.41. The molecule has 9 heteroatoms. The van der Waals surface area contributed by atoms with E-state index in [0.717, 1.165) is 43.7 Å². The summed E-state index contributed by atoms with van der Waals surface area (Å²) in [6, 6.07) is 21.7. The molecular formula is C30H36BrN3O4S. The first-order valence-electron chi connectivity index (χ1n) is 12.9. The first-order chi connectivity index (χ1) is 18.5. The van der Waals surface area contributed by atoms with Gasteiger partial charge >= 0.3 is 0 Å². The third-order valence-corrected chi connectivity index (χ3v) is 8.10. The quantitative estimate of drug-likeness (QED) is 0.311. The van der Waals surface area contributed by atoms with Gasteiger partial charge in [-0.3, -0.25) is 13.9 Å². The number of hydrogen-bond acceptors (Lipinski definition) is 4. The lowest BCUT2D eigenvalue weighted by Crippen LogP contribution is -2.53. The summed E-state index contributed by atoms with van der Waals surface area (Å²) in [5.74, 6) is -0.734. The van der Waals surface area contributed by atoms with E-state index in [1.807, 2.05) is 93.6 Å². The highest BCUT2D eigenvalue weighted by Crippen LogP contribution is 2.27. The van der Waals surface area contributed by atoms with E-state index in [1.54, 1.807) is 0 Å². The first kappa shape index (κ1) is 30.4. The Hall–Kier alpha value is -3.17. The van der Waals surface area contributed by atoms with Gasteiger partial charge in [0.1, 0.15) is 12.6 Å². The van der Waals surface area contributed by atoms with E-state index in [9.17, 15) is 18.0 Å². The van der Waals surface area contributed by atoms with Gasteiger partial charge in [-0.2, -0.15) is 0 Å². The van der Waals surface area contributed by atoms with Crippen molar-refractivity contribution in [2.24, 2.45) is 0 Å². The predicted octanol–water partition coefficient (Wildman–Crippen LogP) is 5.00. The Labute approximate surface area is 240 Å². The number of halogens is 1. The Morgan fingerprint density at radius 1 is 0.897 bits per heavy atom. The molecule has 3 aromatic rings. The molecule has 2 amide bonds. The summed E-state index contributed by atoms with van der Waals surface area (Å²) >= 11 is 3.44. The number of hydrogen-bond donors (Lipinski definition) is 1. The predicted molar refractivity (Wildman–Crippen MR) is 160 cm³/mol. The van der Waals surface area contributed by atoms with Crippen LogP contribution in [0.15, 0.2) is 77.3 Å². The van der Waals surface area contributed by atoms with Crippen LogP contribution < -0.4 is 9.62 Å². The summed E-state index contributed by atoms with van der Waals surface area (Å²) in [5.41, 5.74) is 3.69. The summed E-state index contributed by atoms with van der Waals surface area (Å²) in [6.45, 7) is 5.80. The van der Waals surface area contributed by atoms with Gasteiger partial charge in [0, 0.05) is 24.0 Å². The number of amides is 2. The van der Waals surface area contributed by atoms with Crippen molar-refractivity contribution in [3.8, 4) is 0 Å². The number of rotatable bonds is 12. The summed E-state index contributed by atoms with van der Waals surface area (Å²) in [6.07, 6.45) is 2.14. The average molecular weight is 615 g/mol. The van der Waals surface area contributed by atoms with Crippen LogP contribution in [0, 0.1) is 13.8 Å². The van der Waals surface area contributed by atoms with Crippen LogP contribution in [0.3, 0.4) is 0 Å². The molecule has 3 aromatic carbocycles. The molecule has 3 rings (SSSR count). The van der Waals surface area contributed by atoms with Crippen LogP contribution in [-0.2, 0) is 32.6 Å². The van der Waals surface area contributed by atoms with Crippen LogP contribution in [0.25, 0.3) is 0 Å². The monoisotopic (exact) mass is 613 g/mol. The Kier molecular flexibility index (Phi) is 10.7. The lowest BCUT2D eigenvalue weighted by Gasteiger charge is -2.34. The first-order valence-corrected chi connectivity index (χ1v) is 15.5. The van der Waals surface area contributed by atoms with Crippen molar-refractivity contribution >= 4 is 43.5 Å². The fourth-order valence-electron chi connectivity index (χ4n) is 4.48. The van der Waals surface area contributed by atoms with Crippen LogP contribution in [0.4, 0.5) is 5.69 Å². The highest BCUT2D eigenvalue weighted by atomic mass is 79.9. The number of nitrogens with one attached hydrogen (secondary N) is 1. The Balaban J connectivity index is 2.07. The normalized spacial score (nSPS) is 12.0. The number of sulfonamides is 1. The fraction of sp³-hybridized carbons (Fsp3) is 0.333. The molecular weight excluding hydrogens is 578 g/mol. The molecule has 0 aromatic heterocycles. The van der Waals surface area contributed by atoms with Gasteiger partial charge in [-0.05, 0) is 54.7 Å². The van der Waals surface area contributed by atoms with Crippen molar-refractivity contribution in [1.29, 1.82) is 0 Å². The van der Waals surface area contributed by atoms with Gasteiger partial charge in [0.05, 0.1) is 11.9 Å². The minimum atomic E-state index is -3.81. The minimum Gasteiger partial charge on any atom is -0.354 e. The molecule has 0 aliphatic carbocycles. The zero-order valence-electron chi connectivity index (χ0n) is 22.9. The van der Waals surface area contributed by atoms with Gasteiger partial charge in [-0.1, -0.05) is 83.5 Å². The van der Waals surface area contributed by atoms with Gasteiger partial charge in [0.2, 0.25) is 21.8 Å². The lowest BCUT2D eigenvalue weighted by molar-refractivity contribution is -0.140. The molecule has 0 saturated carbocycles. The second-order valence-electron chi connectivity index (χ2n) is 9.65. The highest BCUT2D eigenvalue weighted by Gasteiger charge is 2.33. The van der Waals surface area contributed by atoms with E-state index in [1.165, 1.54) is 4.90 Å². The van der Waals surface area contributed by atoms with Crippen molar-refractivity contribution in [3.05, 3.63) is 99.5 Å². The smallest absolute Gasteiger partial charge is 0.244 e. The van der Waals surface area contributed by atoms with E-state index in [4.69, 9.17) is 0 Å². The van der Waals surface area contributed by atoms with Crippen molar-refractivity contribution in [3.63, 3.8) is 0 Å². The molecule has 0 heterocycles. The van der Waals surface area contributed by atoms with Crippen LogP contribution in [0.1, 0.15) is 35.6 Å². The van der Waals surface area contributed by atoms with Crippen molar-refractivity contribution in [1.82, 2.24) is 10.2 Å². The Bertz CT molecular complexity index is 1360. The largest absolute Gasteiger partial charge is 0.354 e. The van der Waals surface area contributed by atoms with Gasteiger partial charge in [0.25, 0.3) is 0 Å². The molecule has 0 fully saturated rings. The molecule has 1 N–H and O–H groups in total. The van der Waals surface area contributed by atoms with Crippen LogP contribution in [-0.4, -0.2) is 50.5 Å². The summed E-state index contributed by atoms with van der Waals surface area (Å²) in [5, 5.41) is 2.94. The molecule has 39 heavy (non-hydrogen) atoms. The number of benzene rings is 3. The van der Waals surface area contributed by atoms with Crippen LogP contribution >= 0.6 is 15.9 Å². The van der Waals surface area contributed by atoms with Gasteiger partial charge < -0.3 is 10.2 Å². The van der Waals surface area contributed by atoms with Gasteiger partial charge in [-0.25, -0.2) is 8.42 Å². The topological polar surface area (TPSA) is 86.8 Å². The maximum atomic E-state index is 14.1. The molecule has 208 valence electrons. The molecule has 0 spiro atoms. The molecule has 1 atom stereocenters. The summed E-state index contributed by atoms with van der Waals surface area (Å²) < 4.78 is 28.0. The van der Waals surface area contributed by atoms with E-state index in [-0.39, 0.29) is 12.5 Å².